The lowest BCUT2D eigenvalue weighted by atomic mass is 10.2. The highest BCUT2D eigenvalue weighted by Crippen LogP contribution is 2.23. The molecule has 90 valence electrons. The first-order valence-electron chi connectivity index (χ1n) is 5.62. The summed E-state index contributed by atoms with van der Waals surface area (Å²) in [4.78, 5) is 3.19. The van der Waals surface area contributed by atoms with Crippen molar-refractivity contribution >= 4 is 34.9 Å². The first kappa shape index (κ1) is 11.5. The third-order valence-corrected chi connectivity index (χ3v) is 3.42. The van der Waals surface area contributed by atoms with Crippen LogP contribution in [0.15, 0.2) is 42.5 Å². The van der Waals surface area contributed by atoms with Crippen LogP contribution in [0.25, 0.3) is 16.7 Å². The summed E-state index contributed by atoms with van der Waals surface area (Å²) in [5.74, 6) is 0. The molecule has 0 fully saturated rings. The number of aromatic nitrogens is 2. The summed E-state index contributed by atoms with van der Waals surface area (Å²) in [6, 6.07) is 14.0. The highest BCUT2D eigenvalue weighted by atomic mass is 35.5. The van der Waals surface area contributed by atoms with E-state index in [0.717, 1.165) is 16.7 Å². The van der Waals surface area contributed by atoms with Crippen molar-refractivity contribution in [3.63, 3.8) is 0 Å². The van der Waals surface area contributed by atoms with Gasteiger partial charge in [0.2, 0.25) is 0 Å². The van der Waals surface area contributed by atoms with Crippen molar-refractivity contribution < 1.29 is 0 Å². The second-order valence-corrected chi connectivity index (χ2v) is 5.09. The minimum atomic E-state index is 0.679. The first-order chi connectivity index (χ1) is 8.65. The van der Waals surface area contributed by atoms with Gasteiger partial charge < -0.3 is 4.98 Å². The molecule has 0 saturated carbocycles. The molecular formula is C14H11ClN2S. The molecule has 4 heteroatoms. The molecule has 0 amide bonds. The number of nitrogens with one attached hydrogen (secondary N) is 1. The van der Waals surface area contributed by atoms with E-state index in [0.29, 0.717) is 9.79 Å². The van der Waals surface area contributed by atoms with Crippen molar-refractivity contribution in [3.05, 3.63) is 57.8 Å². The summed E-state index contributed by atoms with van der Waals surface area (Å²) in [6.07, 6.45) is 0. The molecule has 0 bridgehead atoms. The molecular weight excluding hydrogens is 264 g/mol. The summed E-state index contributed by atoms with van der Waals surface area (Å²) < 4.78 is 2.68. The van der Waals surface area contributed by atoms with Crippen molar-refractivity contribution in [3.8, 4) is 5.69 Å². The van der Waals surface area contributed by atoms with Crippen LogP contribution in [0.2, 0.25) is 5.02 Å². The van der Waals surface area contributed by atoms with Gasteiger partial charge in [0.25, 0.3) is 0 Å². The lowest BCUT2D eigenvalue weighted by molar-refractivity contribution is 1.06. The molecule has 0 aliphatic rings. The Hall–Kier alpha value is -1.58. The van der Waals surface area contributed by atoms with Crippen molar-refractivity contribution in [2.75, 3.05) is 0 Å². The van der Waals surface area contributed by atoms with E-state index in [9.17, 15) is 0 Å². The van der Waals surface area contributed by atoms with Crippen LogP contribution in [0.3, 0.4) is 0 Å². The van der Waals surface area contributed by atoms with E-state index in [1.807, 2.05) is 34.9 Å². The lowest BCUT2D eigenvalue weighted by Gasteiger charge is -2.05. The molecule has 18 heavy (non-hydrogen) atoms. The average molecular weight is 275 g/mol. The van der Waals surface area contributed by atoms with Crippen LogP contribution in [-0.4, -0.2) is 9.55 Å². The Kier molecular flexibility index (Phi) is 2.73. The fourth-order valence-electron chi connectivity index (χ4n) is 2.10. The molecule has 3 rings (SSSR count). The van der Waals surface area contributed by atoms with Crippen LogP contribution >= 0.6 is 23.8 Å². The molecule has 3 aromatic rings. The third-order valence-electron chi connectivity index (χ3n) is 2.91. The predicted molar refractivity (Wildman–Crippen MR) is 78.2 cm³/mol. The minimum Gasteiger partial charge on any atom is -0.330 e. The maximum absolute atomic E-state index is 6.06. The van der Waals surface area contributed by atoms with Crippen molar-refractivity contribution in [1.29, 1.82) is 0 Å². The van der Waals surface area contributed by atoms with Crippen molar-refractivity contribution in [1.82, 2.24) is 9.55 Å². The van der Waals surface area contributed by atoms with Crippen molar-refractivity contribution in [2.24, 2.45) is 0 Å². The van der Waals surface area contributed by atoms with Crippen LogP contribution < -0.4 is 0 Å². The summed E-state index contributed by atoms with van der Waals surface area (Å²) in [6.45, 7) is 2.06. The number of benzene rings is 2. The largest absolute Gasteiger partial charge is 0.330 e. The van der Waals surface area contributed by atoms with Crippen LogP contribution in [0.4, 0.5) is 0 Å². The van der Waals surface area contributed by atoms with E-state index in [2.05, 4.69) is 24.0 Å². The number of aryl methyl sites for hydroxylation is 1. The second-order valence-electron chi connectivity index (χ2n) is 4.27. The normalized spacial score (nSPS) is 11.0. The van der Waals surface area contributed by atoms with E-state index in [4.69, 9.17) is 23.8 Å². The number of hydrogen-bond donors (Lipinski definition) is 1. The molecule has 2 aromatic carbocycles. The molecule has 0 saturated heterocycles. The summed E-state index contributed by atoms with van der Waals surface area (Å²) in [5.41, 5.74) is 4.24. The number of aromatic amines is 1. The highest BCUT2D eigenvalue weighted by molar-refractivity contribution is 7.71. The van der Waals surface area contributed by atoms with Crippen LogP contribution in [0.5, 0.6) is 0 Å². The number of halogens is 1. The Morgan fingerprint density at radius 1 is 1.17 bits per heavy atom. The van der Waals surface area contributed by atoms with Gasteiger partial charge in [-0.1, -0.05) is 23.7 Å². The Bertz CT molecular complexity index is 786. The SMILES string of the molecule is Cc1cccc(-n2c(=S)[nH]c3ccc(Cl)cc32)c1. The van der Waals surface area contributed by atoms with Gasteiger partial charge in [0.1, 0.15) is 0 Å². The van der Waals surface area contributed by atoms with Gasteiger partial charge >= 0.3 is 0 Å². The quantitative estimate of drug-likeness (QED) is 0.641. The van der Waals surface area contributed by atoms with Gasteiger partial charge in [-0.15, -0.1) is 0 Å². The zero-order valence-corrected chi connectivity index (χ0v) is 11.3. The Balaban J connectivity index is 2.38. The number of imidazole rings is 1. The minimum absolute atomic E-state index is 0.679. The average Bonchev–Trinajstić information content (AvgIpc) is 2.64. The fraction of sp³-hybridized carbons (Fsp3) is 0.0714. The van der Waals surface area contributed by atoms with E-state index in [1.54, 1.807) is 0 Å². The Morgan fingerprint density at radius 3 is 2.78 bits per heavy atom. The zero-order chi connectivity index (χ0) is 12.7. The van der Waals surface area contributed by atoms with Gasteiger partial charge in [0.05, 0.1) is 11.0 Å². The molecule has 0 spiro atoms. The molecule has 0 aliphatic carbocycles. The van der Waals surface area contributed by atoms with E-state index < -0.39 is 0 Å². The molecule has 0 atom stereocenters. The topological polar surface area (TPSA) is 20.7 Å². The third kappa shape index (κ3) is 1.85. The van der Waals surface area contributed by atoms with Gasteiger partial charge in [-0.25, -0.2) is 0 Å². The molecule has 2 nitrogen and oxygen atoms in total. The Morgan fingerprint density at radius 2 is 2.00 bits per heavy atom. The van der Waals surface area contributed by atoms with Gasteiger partial charge in [0.15, 0.2) is 4.77 Å². The highest BCUT2D eigenvalue weighted by Gasteiger charge is 2.06. The summed E-state index contributed by atoms with van der Waals surface area (Å²) in [5, 5.41) is 0.706. The smallest absolute Gasteiger partial charge is 0.182 e. The molecule has 0 unspecified atom stereocenters. The van der Waals surface area contributed by atoms with Crippen LogP contribution in [0.1, 0.15) is 5.56 Å². The fourth-order valence-corrected chi connectivity index (χ4v) is 2.58. The van der Waals surface area contributed by atoms with Gasteiger partial charge in [0, 0.05) is 10.7 Å². The number of hydrogen-bond acceptors (Lipinski definition) is 1. The van der Waals surface area contributed by atoms with Crippen LogP contribution in [-0.2, 0) is 0 Å². The number of fused-ring (bicyclic) bond motifs is 1. The number of nitrogens with zero attached hydrogens (tertiary/aromatic N) is 1. The molecule has 1 aromatic heterocycles. The predicted octanol–water partition coefficient (Wildman–Crippen LogP) is 4.65. The summed E-state index contributed by atoms with van der Waals surface area (Å²) in [7, 11) is 0. The molecule has 1 N–H and O–H groups in total. The standard InChI is InChI=1S/C14H11ClN2S/c1-9-3-2-4-11(7-9)17-13-8-10(15)5-6-12(13)16-14(17)18/h2-8H,1H3,(H,16,18). The van der Waals surface area contributed by atoms with E-state index >= 15 is 0 Å². The van der Waals surface area contributed by atoms with Gasteiger partial charge in [-0.3, -0.25) is 4.57 Å². The van der Waals surface area contributed by atoms with Gasteiger partial charge in [-0.05, 0) is 55.0 Å². The van der Waals surface area contributed by atoms with Crippen molar-refractivity contribution in [2.45, 2.75) is 6.92 Å². The maximum Gasteiger partial charge on any atom is 0.182 e. The van der Waals surface area contributed by atoms with E-state index in [-0.39, 0.29) is 0 Å². The van der Waals surface area contributed by atoms with Gasteiger partial charge in [-0.2, -0.15) is 0 Å². The van der Waals surface area contributed by atoms with E-state index in [1.165, 1.54) is 5.56 Å². The monoisotopic (exact) mass is 274 g/mol. The summed E-state index contributed by atoms with van der Waals surface area (Å²) >= 11 is 11.4. The first-order valence-corrected chi connectivity index (χ1v) is 6.41. The second kappa shape index (κ2) is 4.26. The Labute approximate surface area is 115 Å². The maximum atomic E-state index is 6.06. The van der Waals surface area contributed by atoms with Crippen LogP contribution in [0, 0.1) is 11.7 Å². The zero-order valence-electron chi connectivity index (χ0n) is 9.77. The molecule has 0 radical (unpaired) electrons. The lowest BCUT2D eigenvalue weighted by Crippen LogP contribution is -1.94. The number of rotatable bonds is 1. The number of H-pyrrole nitrogens is 1. The molecule has 0 aliphatic heterocycles. The molecule has 1 heterocycles.